The molecule has 0 atom stereocenters. The molecule has 26 heavy (non-hydrogen) atoms. The smallest absolute Gasteiger partial charge is 0.356 e. The number of fused-ring (bicyclic) bond motifs is 1. The fourth-order valence-electron chi connectivity index (χ4n) is 2.76. The molecule has 0 amide bonds. The number of ketones is 1. The lowest BCUT2D eigenvalue weighted by atomic mass is 9.99. The van der Waals surface area contributed by atoms with Crippen molar-refractivity contribution in [2.24, 2.45) is 5.92 Å². The molecule has 3 aromatic rings. The number of aromatic nitrogens is 3. The van der Waals surface area contributed by atoms with Crippen molar-refractivity contribution in [2.45, 2.75) is 20.3 Å². The molecular weight excluding hydrogens is 354 g/mol. The Morgan fingerprint density at radius 2 is 1.92 bits per heavy atom. The molecule has 0 N–H and O–H groups in total. The number of pyridine rings is 2. The Morgan fingerprint density at radius 3 is 2.62 bits per heavy atom. The Kier molecular flexibility index (Phi) is 5.04. The van der Waals surface area contributed by atoms with Crippen molar-refractivity contribution in [3.63, 3.8) is 0 Å². The van der Waals surface area contributed by atoms with Crippen LogP contribution < -0.4 is 0 Å². The maximum atomic E-state index is 13.2. The van der Waals surface area contributed by atoms with Crippen LogP contribution in [0.2, 0.25) is 5.02 Å². The van der Waals surface area contributed by atoms with Gasteiger partial charge in [0.25, 0.3) is 0 Å². The molecule has 0 aliphatic rings. The fourth-order valence-corrected chi connectivity index (χ4v) is 2.91. The minimum absolute atomic E-state index is 0.0864. The molecule has 0 saturated heterocycles. The highest BCUT2D eigenvalue weighted by atomic mass is 35.5. The maximum Gasteiger partial charge on any atom is 0.356 e. The first kappa shape index (κ1) is 18.1. The van der Waals surface area contributed by atoms with E-state index in [4.69, 9.17) is 11.6 Å². The van der Waals surface area contributed by atoms with E-state index in [1.807, 2.05) is 0 Å². The molecule has 3 rings (SSSR count). The Bertz CT molecular complexity index is 995. The molecule has 0 spiro atoms. The number of hydrogen-bond acceptors (Lipinski definition) is 5. The van der Waals surface area contributed by atoms with E-state index in [0.29, 0.717) is 34.1 Å². The van der Waals surface area contributed by atoms with Gasteiger partial charge in [0.15, 0.2) is 0 Å². The van der Waals surface area contributed by atoms with E-state index in [2.05, 4.69) is 28.7 Å². The highest BCUT2D eigenvalue weighted by molar-refractivity contribution is 6.30. The standard InChI is InChI=1S/C19H18ClN3O3/c1-11(2)9-15-17(16-8-7-12(20)10-23(16)22-15)18(24)13-5-4-6-14(21-13)19(25)26-3/h4-8,10-11H,9H2,1-3H3. The first-order valence-electron chi connectivity index (χ1n) is 8.17. The lowest BCUT2D eigenvalue weighted by Crippen LogP contribution is -2.12. The quantitative estimate of drug-likeness (QED) is 0.506. The number of nitrogens with zero attached hydrogens (tertiary/aromatic N) is 3. The van der Waals surface area contributed by atoms with E-state index in [-0.39, 0.29) is 17.2 Å². The Hall–Kier alpha value is -2.73. The van der Waals surface area contributed by atoms with Gasteiger partial charge in [-0.2, -0.15) is 5.10 Å². The van der Waals surface area contributed by atoms with E-state index < -0.39 is 5.97 Å². The Morgan fingerprint density at radius 1 is 1.19 bits per heavy atom. The number of methoxy groups -OCH3 is 1. The predicted octanol–water partition coefficient (Wildman–Crippen LogP) is 3.60. The lowest BCUT2D eigenvalue weighted by Gasteiger charge is -2.06. The maximum absolute atomic E-state index is 13.2. The van der Waals surface area contributed by atoms with Crippen LogP contribution in [0.4, 0.5) is 0 Å². The average Bonchev–Trinajstić information content (AvgIpc) is 2.96. The Balaban J connectivity index is 2.14. The van der Waals surface area contributed by atoms with Gasteiger partial charge in [0, 0.05) is 6.20 Å². The summed E-state index contributed by atoms with van der Waals surface area (Å²) in [6.07, 6.45) is 2.30. The lowest BCUT2D eigenvalue weighted by molar-refractivity contribution is 0.0594. The SMILES string of the molecule is COC(=O)c1cccc(C(=O)c2c(CC(C)C)nn3cc(Cl)ccc23)n1. The van der Waals surface area contributed by atoms with Crippen molar-refractivity contribution in [3.8, 4) is 0 Å². The monoisotopic (exact) mass is 371 g/mol. The molecule has 0 fully saturated rings. The van der Waals surface area contributed by atoms with E-state index in [9.17, 15) is 9.59 Å². The average molecular weight is 372 g/mol. The highest BCUT2D eigenvalue weighted by Crippen LogP contribution is 2.23. The summed E-state index contributed by atoms with van der Waals surface area (Å²) in [7, 11) is 1.27. The van der Waals surface area contributed by atoms with Gasteiger partial charge in [-0.15, -0.1) is 0 Å². The van der Waals surface area contributed by atoms with Crippen LogP contribution in [-0.4, -0.2) is 33.5 Å². The molecule has 3 aromatic heterocycles. The zero-order chi connectivity index (χ0) is 18.8. The molecule has 6 nitrogen and oxygen atoms in total. The summed E-state index contributed by atoms with van der Waals surface area (Å²) >= 11 is 6.04. The van der Waals surface area contributed by atoms with Crippen LogP contribution in [0.25, 0.3) is 5.52 Å². The number of halogens is 1. The second-order valence-corrected chi connectivity index (χ2v) is 6.76. The minimum atomic E-state index is -0.589. The molecule has 7 heteroatoms. The minimum Gasteiger partial charge on any atom is -0.464 e. The van der Waals surface area contributed by atoms with Crippen LogP contribution in [0.1, 0.15) is 46.1 Å². The second-order valence-electron chi connectivity index (χ2n) is 6.33. The van der Waals surface area contributed by atoms with Crippen molar-refractivity contribution in [1.82, 2.24) is 14.6 Å². The van der Waals surface area contributed by atoms with Crippen LogP contribution in [0.15, 0.2) is 36.5 Å². The normalized spacial score (nSPS) is 11.1. The van der Waals surface area contributed by atoms with Crippen molar-refractivity contribution in [3.05, 3.63) is 64.2 Å². The van der Waals surface area contributed by atoms with Crippen molar-refractivity contribution >= 4 is 28.9 Å². The zero-order valence-electron chi connectivity index (χ0n) is 14.7. The fraction of sp³-hybridized carbons (Fsp3) is 0.263. The molecule has 0 bridgehead atoms. The summed E-state index contributed by atoms with van der Waals surface area (Å²) in [5.41, 5.74) is 2.06. The van der Waals surface area contributed by atoms with Gasteiger partial charge in [-0.1, -0.05) is 31.5 Å². The van der Waals surface area contributed by atoms with Crippen LogP contribution in [0, 0.1) is 5.92 Å². The number of hydrogen-bond donors (Lipinski definition) is 0. The summed E-state index contributed by atoms with van der Waals surface area (Å²) in [6, 6.07) is 8.17. The van der Waals surface area contributed by atoms with E-state index in [1.54, 1.807) is 35.0 Å². The number of carbonyl (C=O) groups is 2. The molecule has 0 aliphatic carbocycles. The largest absolute Gasteiger partial charge is 0.464 e. The molecule has 3 heterocycles. The van der Waals surface area contributed by atoms with E-state index >= 15 is 0 Å². The van der Waals surface area contributed by atoms with Crippen molar-refractivity contribution < 1.29 is 14.3 Å². The summed E-state index contributed by atoms with van der Waals surface area (Å²) in [5, 5.41) is 5.05. The van der Waals surface area contributed by atoms with Crippen molar-refractivity contribution in [1.29, 1.82) is 0 Å². The second kappa shape index (κ2) is 7.25. The molecule has 0 radical (unpaired) electrons. The number of ether oxygens (including phenoxy) is 1. The van der Waals surface area contributed by atoms with Gasteiger partial charge in [-0.3, -0.25) is 4.79 Å². The predicted molar refractivity (Wildman–Crippen MR) is 97.8 cm³/mol. The van der Waals surface area contributed by atoms with Gasteiger partial charge in [0.1, 0.15) is 11.4 Å². The molecule has 134 valence electrons. The van der Waals surface area contributed by atoms with Crippen LogP contribution in [0.3, 0.4) is 0 Å². The summed E-state index contributed by atoms with van der Waals surface area (Å²) in [6.45, 7) is 4.11. The van der Waals surface area contributed by atoms with Gasteiger partial charge in [0.2, 0.25) is 5.78 Å². The third kappa shape index (κ3) is 3.46. The first-order chi connectivity index (χ1) is 12.4. The van der Waals surface area contributed by atoms with Crippen molar-refractivity contribution in [2.75, 3.05) is 7.11 Å². The molecular formula is C19H18ClN3O3. The van der Waals surface area contributed by atoms with Gasteiger partial charge in [-0.05, 0) is 36.6 Å². The third-order valence-corrected chi connectivity index (χ3v) is 4.09. The van der Waals surface area contributed by atoms with Crippen LogP contribution in [-0.2, 0) is 11.2 Å². The number of rotatable bonds is 5. The topological polar surface area (TPSA) is 73.6 Å². The van der Waals surface area contributed by atoms with Gasteiger partial charge in [-0.25, -0.2) is 14.3 Å². The van der Waals surface area contributed by atoms with E-state index in [1.165, 1.54) is 13.2 Å². The highest BCUT2D eigenvalue weighted by Gasteiger charge is 2.23. The van der Waals surface area contributed by atoms with Gasteiger partial charge < -0.3 is 4.74 Å². The first-order valence-corrected chi connectivity index (χ1v) is 8.55. The molecule has 0 unspecified atom stereocenters. The summed E-state index contributed by atoms with van der Waals surface area (Å²) < 4.78 is 6.29. The third-order valence-electron chi connectivity index (χ3n) is 3.87. The molecule has 0 saturated carbocycles. The Labute approximate surface area is 155 Å². The van der Waals surface area contributed by atoms with Gasteiger partial charge in [0.05, 0.1) is 28.9 Å². The number of esters is 1. The van der Waals surface area contributed by atoms with Crippen LogP contribution >= 0.6 is 11.6 Å². The number of carbonyl (C=O) groups excluding carboxylic acids is 2. The van der Waals surface area contributed by atoms with Gasteiger partial charge >= 0.3 is 5.97 Å². The van der Waals surface area contributed by atoms with Crippen LogP contribution in [0.5, 0.6) is 0 Å². The van der Waals surface area contributed by atoms with E-state index in [0.717, 1.165) is 0 Å². The summed E-state index contributed by atoms with van der Waals surface area (Å²) in [4.78, 5) is 29.0. The molecule has 0 aromatic carbocycles. The molecule has 0 aliphatic heterocycles. The zero-order valence-corrected chi connectivity index (χ0v) is 15.4. The summed E-state index contributed by atoms with van der Waals surface area (Å²) in [5.74, 6) is -0.561.